The average Bonchev–Trinajstić information content (AvgIpc) is 2.39. The normalized spacial score (nSPS) is 10.2. The van der Waals surface area contributed by atoms with Crippen molar-refractivity contribution in [1.82, 2.24) is 0 Å². The van der Waals surface area contributed by atoms with E-state index < -0.39 is 0 Å². The Balaban J connectivity index is 2.59. The maximum Gasteiger partial charge on any atom is 0.162 e. The number of rotatable bonds is 8. The predicted molar refractivity (Wildman–Crippen MR) is 76.9 cm³/mol. The van der Waals surface area contributed by atoms with Gasteiger partial charge in [-0.25, -0.2) is 0 Å². The summed E-state index contributed by atoms with van der Waals surface area (Å²) in [6.45, 7) is 5.32. The Labute approximate surface area is 110 Å². The molecule has 3 heteroatoms. The van der Waals surface area contributed by atoms with Gasteiger partial charge in [0.2, 0.25) is 0 Å². The molecule has 0 amide bonds. The van der Waals surface area contributed by atoms with Gasteiger partial charge in [-0.15, -0.1) is 0 Å². The van der Waals surface area contributed by atoms with E-state index in [1.165, 1.54) is 31.2 Å². The lowest BCUT2D eigenvalue weighted by atomic mass is 10.1. The Morgan fingerprint density at radius 2 is 1.67 bits per heavy atom. The number of ether oxygens (including phenoxy) is 2. The van der Waals surface area contributed by atoms with Gasteiger partial charge in [-0.3, -0.25) is 0 Å². The van der Waals surface area contributed by atoms with Crippen LogP contribution in [0.2, 0.25) is 0 Å². The van der Waals surface area contributed by atoms with Crippen LogP contribution in [0.4, 0.5) is 5.69 Å². The standard InChI is InChI=1S/C15H25NO2/c1-5-6-7-8-9-16-13-11-15(18-4)14(17-3)10-12(13)2/h10-11,16H,5-9H2,1-4H3. The first-order chi connectivity index (χ1) is 8.72. The lowest BCUT2D eigenvalue weighted by molar-refractivity contribution is 0.355. The number of unbranched alkanes of at least 4 members (excludes halogenated alkanes) is 3. The van der Waals surface area contributed by atoms with E-state index in [1.807, 2.05) is 12.1 Å². The molecule has 1 aromatic rings. The van der Waals surface area contributed by atoms with Crippen LogP contribution >= 0.6 is 0 Å². The van der Waals surface area contributed by atoms with Crippen LogP contribution in [0.25, 0.3) is 0 Å². The van der Waals surface area contributed by atoms with Gasteiger partial charge in [-0.2, -0.15) is 0 Å². The summed E-state index contributed by atoms with van der Waals surface area (Å²) in [5.41, 5.74) is 2.31. The average molecular weight is 251 g/mol. The van der Waals surface area contributed by atoms with E-state index in [9.17, 15) is 0 Å². The quantitative estimate of drug-likeness (QED) is 0.708. The van der Waals surface area contributed by atoms with Crippen LogP contribution in [-0.4, -0.2) is 20.8 Å². The topological polar surface area (TPSA) is 30.5 Å². The fourth-order valence-corrected chi connectivity index (χ4v) is 1.95. The van der Waals surface area contributed by atoms with Crippen molar-refractivity contribution in [2.24, 2.45) is 0 Å². The molecule has 0 radical (unpaired) electrons. The number of methoxy groups -OCH3 is 2. The van der Waals surface area contributed by atoms with Gasteiger partial charge in [0.15, 0.2) is 11.5 Å². The molecule has 0 heterocycles. The number of benzene rings is 1. The number of hydrogen-bond donors (Lipinski definition) is 1. The van der Waals surface area contributed by atoms with Crippen molar-refractivity contribution < 1.29 is 9.47 Å². The highest BCUT2D eigenvalue weighted by Crippen LogP contribution is 2.32. The molecule has 1 aromatic carbocycles. The van der Waals surface area contributed by atoms with Crippen molar-refractivity contribution >= 4 is 5.69 Å². The maximum absolute atomic E-state index is 5.31. The minimum atomic E-state index is 0.777. The van der Waals surface area contributed by atoms with Crippen LogP contribution in [0.3, 0.4) is 0 Å². The molecule has 102 valence electrons. The molecule has 3 nitrogen and oxygen atoms in total. The first-order valence-corrected chi connectivity index (χ1v) is 6.69. The smallest absolute Gasteiger partial charge is 0.162 e. The highest BCUT2D eigenvalue weighted by Gasteiger charge is 2.07. The molecule has 0 bridgehead atoms. The molecular formula is C15H25NO2. The Bertz CT molecular complexity index is 364. The summed E-state index contributed by atoms with van der Waals surface area (Å²) >= 11 is 0. The highest BCUT2D eigenvalue weighted by molar-refractivity contribution is 5.60. The Morgan fingerprint density at radius 3 is 2.28 bits per heavy atom. The summed E-state index contributed by atoms with van der Waals surface area (Å²) in [6.07, 6.45) is 5.08. The van der Waals surface area contributed by atoms with Crippen LogP contribution in [0.15, 0.2) is 12.1 Å². The monoisotopic (exact) mass is 251 g/mol. The fraction of sp³-hybridized carbons (Fsp3) is 0.600. The molecule has 0 saturated heterocycles. The molecule has 0 saturated carbocycles. The summed E-state index contributed by atoms with van der Waals surface area (Å²) in [6, 6.07) is 4.02. The highest BCUT2D eigenvalue weighted by atomic mass is 16.5. The summed E-state index contributed by atoms with van der Waals surface area (Å²) in [7, 11) is 3.33. The minimum Gasteiger partial charge on any atom is -0.493 e. The third kappa shape index (κ3) is 4.13. The zero-order chi connectivity index (χ0) is 13.4. The van der Waals surface area contributed by atoms with E-state index in [2.05, 4.69) is 19.2 Å². The predicted octanol–water partition coefficient (Wildman–Crippen LogP) is 4.00. The molecule has 1 rings (SSSR count). The van der Waals surface area contributed by atoms with Gasteiger partial charge in [0.05, 0.1) is 14.2 Å². The fourth-order valence-electron chi connectivity index (χ4n) is 1.95. The first kappa shape index (κ1) is 14.7. The summed E-state index contributed by atoms with van der Waals surface area (Å²) < 4.78 is 10.6. The van der Waals surface area contributed by atoms with Crippen LogP contribution < -0.4 is 14.8 Å². The zero-order valence-electron chi connectivity index (χ0n) is 12.0. The maximum atomic E-state index is 5.31. The van der Waals surface area contributed by atoms with Crippen molar-refractivity contribution in [2.45, 2.75) is 39.5 Å². The number of hydrogen-bond acceptors (Lipinski definition) is 3. The van der Waals surface area contributed by atoms with Gasteiger partial charge in [-0.05, 0) is 25.0 Å². The van der Waals surface area contributed by atoms with Crippen LogP contribution in [0.1, 0.15) is 38.2 Å². The van der Waals surface area contributed by atoms with Gasteiger partial charge in [-0.1, -0.05) is 26.2 Å². The molecule has 0 aliphatic carbocycles. The van der Waals surface area contributed by atoms with E-state index in [4.69, 9.17) is 9.47 Å². The lowest BCUT2D eigenvalue weighted by Crippen LogP contribution is -2.04. The summed E-state index contributed by atoms with van der Waals surface area (Å²) in [4.78, 5) is 0. The number of nitrogens with one attached hydrogen (secondary N) is 1. The van der Waals surface area contributed by atoms with Crippen LogP contribution in [0, 0.1) is 6.92 Å². The van der Waals surface area contributed by atoms with Gasteiger partial charge < -0.3 is 14.8 Å². The zero-order valence-corrected chi connectivity index (χ0v) is 12.0. The lowest BCUT2D eigenvalue weighted by Gasteiger charge is -2.14. The molecule has 0 aliphatic heterocycles. The molecule has 0 fully saturated rings. The molecule has 0 atom stereocenters. The van der Waals surface area contributed by atoms with E-state index >= 15 is 0 Å². The summed E-state index contributed by atoms with van der Waals surface area (Å²) in [5.74, 6) is 1.56. The molecule has 0 spiro atoms. The van der Waals surface area contributed by atoms with Gasteiger partial charge in [0, 0.05) is 18.3 Å². The Hall–Kier alpha value is -1.38. The van der Waals surface area contributed by atoms with Crippen LogP contribution in [-0.2, 0) is 0 Å². The van der Waals surface area contributed by atoms with Crippen molar-refractivity contribution in [3.63, 3.8) is 0 Å². The third-order valence-electron chi connectivity index (χ3n) is 3.08. The molecule has 1 N–H and O–H groups in total. The molecule has 0 aromatic heterocycles. The Morgan fingerprint density at radius 1 is 1.00 bits per heavy atom. The van der Waals surface area contributed by atoms with Crippen molar-refractivity contribution in [3.05, 3.63) is 17.7 Å². The number of anilines is 1. The molecule has 0 aliphatic rings. The number of aryl methyl sites for hydroxylation is 1. The molecule has 18 heavy (non-hydrogen) atoms. The van der Waals surface area contributed by atoms with Crippen molar-refractivity contribution in [1.29, 1.82) is 0 Å². The molecule has 0 unspecified atom stereocenters. The van der Waals surface area contributed by atoms with Crippen molar-refractivity contribution in [3.8, 4) is 11.5 Å². The molecular weight excluding hydrogens is 226 g/mol. The summed E-state index contributed by atoms with van der Waals surface area (Å²) in [5, 5.41) is 3.46. The van der Waals surface area contributed by atoms with E-state index in [1.54, 1.807) is 14.2 Å². The van der Waals surface area contributed by atoms with E-state index in [-0.39, 0.29) is 0 Å². The van der Waals surface area contributed by atoms with Gasteiger partial charge >= 0.3 is 0 Å². The van der Waals surface area contributed by atoms with E-state index in [0.717, 1.165) is 23.7 Å². The third-order valence-corrected chi connectivity index (χ3v) is 3.08. The van der Waals surface area contributed by atoms with Gasteiger partial charge in [0.1, 0.15) is 0 Å². The second kappa shape index (κ2) is 7.85. The largest absolute Gasteiger partial charge is 0.493 e. The van der Waals surface area contributed by atoms with E-state index in [0.29, 0.717) is 0 Å². The van der Waals surface area contributed by atoms with Crippen molar-refractivity contribution in [2.75, 3.05) is 26.1 Å². The SMILES string of the molecule is CCCCCCNc1cc(OC)c(OC)cc1C. The second-order valence-electron chi connectivity index (χ2n) is 4.51. The Kier molecular flexibility index (Phi) is 6.40. The first-order valence-electron chi connectivity index (χ1n) is 6.69. The van der Waals surface area contributed by atoms with Gasteiger partial charge in [0.25, 0.3) is 0 Å². The van der Waals surface area contributed by atoms with Crippen LogP contribution in [0.5, 0.6) is 11.5 Å². The minimum absolute atomic E-state index is 0.777. The second-order valence-corrected chi connectivity index (χ2v) is 4.51.